The highest BCUT2D eigenvalue weighted by Gasteiger charge is 2.34. The zero-order chi connectivity index (χ0) is 19.3. The lowest BCUT2D eigenvalue weighted by Gasteiger charge is -2.32. The Morgan fingerprint density at radius 2 is 1.62 bits per heavy atom. The first-order valence-corrected chi connectivity index (χ1v) is 11.0. The lowest BCUT2D eigenvalue weighted by Crippen LogP contribution is -2.45. The molecule has 0 aromatic heterocycles. The summed E-state index contributed by atoms with van der Waals surface area (Å²) in [6, 6.07) is 11.8. The number of carbonyl (C=O) groups is 2. The molecule has 1 aromatic rings. The highest BCUT2D eigenvalue weighted by atomic mass is 35.5. The van der Waals surface area contributed by atoms with E-state index in [1.165, 1.54) is 18.4 Å². The lowest BCUT2D eigenvalue weighted by molar-refractivity contribution is -0.134. The van der Waals surface area contributed by atoms with Gasteiger partial charge in [-0.05, 0) is 62.3 Å². The second-order valence-corrected chi connectivity index (χ2v) is 8.97. The molecule has 3 saturated heterocycles. The minimum absolute atomic E-state index is 0. The quantitative estimate of drug-likeness (QED) is 0.745. The molecule has 3 heterocycles. The fourth-order valence-electron chi connectivity index (χ4n) is 5.30. The van der Waals surface area contributed by atoms with Crippen LogP contribution in [0.25, 0.3) is 0 Å². The van der Waals surface area contributed by atoms with Crippen LogP contribution < -0.4 is 10.6 Å². The molecule has 160 valence electrons. The van der Waals surface area contributed by atoms with Gasteiger partial charge in [0.25, 0.3) is 0 Å². The number of amides is 2. The van der Waals surface area contributed by atoms with Gasteiger partial charge in [-0.15, -0.1) is 12.4 Å². The summed E-state index contributed by atoms with van der Waals surface area (Å²) in [5.74, 6) is 1.23. The van der Waals surface area contributed by atoms with Crippen molar-refractivity contribution in [3.8, 4) is 0 Å². The van der Waals surface area contributed by atoms with Crippen molar-refractivity contribution in [2.45, 2.75) is 63.5 Å². The molecular formula is C23H34ClN3O2. The lowest BCUT2D eigenvalue weighted by atomic mass is 9.89. The molecule has 3 fully saturated rings. The van der Waals surface area contributed by atoms with E-state index in [1.54, 1.807) is 0 Å². The largest absolute Gasteiger partial charge is 0.347 e. The van der Waals surface area contributed by atoms with E-state index >= 15 is 0 Å². The number of fused-ring (bicyclic) bond motifs is 2. The zero-order valence-corrected chi connectivity index (χ0v) is 18.0. The van der Waals surface area contributed by atoms with Gasteiger partial charge in [0.05, 0.1) is 6.54 Å². The number of likely N-dealkylation sites (tertiary alicyclic amines) is 1. The minimum atomic E-state index is 0. The Kier molecular flexibility index (Phi) is 7.96. The Hall–Kier alpha value is -1.59. The molecule has 2 N–H and O–H groups in total. The number of hydrogen-bond donors (Lipinski definition) is 2. The van der Waals surface area contributed by atoms with E-state index < -0.39 is 0 Å². The highest BCUT2D eigenvalue weighted by Crippen LogP contribution is 2.32. The monoisotopic (exact) mass is 419 g/mol. The Bertz CT molecular complexity index is 664. The molecule has 6 heteroatoms. The number of nitrogens with zero attached hydrogens (tertiary/aromatic N) is 1. The molecule has 0 saturated carbocycles. The van der Waals surface area contributed by atoms with Crippen LogP contribution in [0.3, 0.4) is 0 Å². The Balaban J connectivity index is 0.00000240. The molecule has 29 heavy (non-hydrogen) atoms. The second-order valence-electron chi connectivity index (χ2n) is 8.97. The van der Waals surface area contributed by atoms with E-state index in [0.29, 0.717) is 30.3 Å². The van der Waals surface area contributed by atoms with Gasteiger partial charge in [0, 0.05) is 31.6 Å². The third-order valence-electron chi connectivity index (χ3n) is 6.82. The average molecular weight is 420 g/mol. The van der Waals surface area contributed by atoms with E-state index in [9.17, 15) is 9.59 Å². The fourth-order valence-corrected chi connectivity index (χ4v) is 5.30. The standard InChI is InChI=1S/C23H33N3O2.ClH/c27-22(15-19-13-20-6-7-21(14-19)25-20)24-16-23(28)26-10-8-18(9-11-26)12-17-4-2-1-3-5-17;/h1-5,18-21,25H,6-16H2,(H,24,27);1H. The van der Waals surface area contributed by atoms with E-state index in [4.69, 9.17) is 0 Å². The molecular weight excluding hydrogens is 386 g/mol. The van der Waals surface area contributed by atoms with Crippen LogP contribution in [-0.4, -0.2) is 48.4 Å². The molecule has 0 radical (unpaired) electrons. The molecule has 2 atom stereocenters. The van der Waals surface area contributed by atoms with Gasteiger partial charge < -0.3 is 15.5 Å². The SMILES string of the molecule is Cl.O=C(CC1CC2CCC(C1)N2)NCC(=O)N1CCC(Cc2ccccc2)CC1. The van der Waals surface area contributed by atoms with E-state index in [1.807, 2.05) is 4.90 Å². The van der Waals surface area contributed by atoms with Crippen molar-refractivity contribution in [2.75, 3.05) is 19.6 Å². The van der Waals surface area contributed by atoms with E-state index in [0.717, 1.165) is 45.2 Å². The number of hydrogen-bond acceptors (Lipinski definition) is 3. The summed E-state index contributed by atoms with van der Waals surface area (Å²) in [7, 11) is 0. The highest BCUT2D eigenvalue weighted by molar-refractivity contribution is 5.85. The summed E-state index contributed by atoms with van der Waals surface area (Å²) < 4.78 is 0. The van der Waals surface area contributed by atoms with Crippen molar-refractivity contribution in [1.29, 1.82) is 0 Å². The first-order valence-electron chi connectivity index (χ1n) is 11.0. The van der Waals surface area contributed by atoms with Gasteiger partial charge in [-0.3, -0.25) is 9.59 Å². The number of benzene rings is 1. The van der Waals surface area contributed by atoms with Crippen molar-refractivity contribution in [2.24, 2.45) is 11.8 Å². The maximum atomic E-state index is 12.5. The maximum absolute atomic E-state index is 12.5. The van der Waals surface area contributed by atoms with Crippen molar-refractivity contribution in [1.82, 2.24) is 15.5 Å². The van der Waals surface area contributed by atoms with Crippen LogP contribution >= 0.6 is 12.4 Å². The molecule has 0 aliphatic carbocycles. The molecule has 2 amide bonds. The van der Waals surface area contributed by atoms with Crippen LogP contribution in [0, 0.1) is 11.8 Å². The topological polar surface area (TPSA) is 61.4 Å². The van der Waals surface area contributed by atoms with Crippen molar-refractivity contribution in [3.05, 3.63) is 35.9 Å². The van der Waals surface area contributed by atoms with Gasteiger partial charge >= 0.3 is 0 Å². The summed E-state index contributed by atoms with van der Waals surface area (Å²) in [5, 5.41) is 6.49. The van der Waals surface area contributed by atoms with Gasteiger partial charge in [-0.25, -0.2) is 0 Å². The van der Waals surface area contributed by atoms with Gasteiger partial charge in [-0.2, -0.15) is 0 Å². The molecule has 1 aromatic carbocycles. The van der Waals surface area contributed by atoms with E-state index in [-0.39, 0.29) is 30.8 Å². The number of halogens is 1. The summed E-state index contributed by atoms with van der Waals surface area (Å²) >= 11 is 0. The molecule has 0 spiro atoms. The first-order chi connectivity index (χ1) is 13.7. The molecule has 2 bridgehead atoms. The van der Waals surface area contributed by atoms with Crippen LogP contribution in [0.5, 0.6) is 0 Å². The van der Waals surface area contributed by atoms with Crippen molar-refractivity contribution >= 4 is 24.2 Å². The van der Waals surface area contributed by atoms with Crippen molar-refractivity contribution < 1.29 is 9.59 Å². The third-order valence-corrected chi connectivity index (χ3v) is 6.82. The average Bonchev–Trinajstić information content (AvgIpc) is 3.05. The second kappa shape index (κ2) is 10.4. The normalized spacial score (nSPS) is 26.6. The first kappa shape index (κ1) is 22.1. The predicted molar refractivity (Wildman–Crippen MR) is 117 cm³/mol. The van der Waals surface area contributed by atoms with E-state index in [2.05, 4.69) is 41.0 Å². The molecule has 5 nitrogen and oxygen atoms in total. The molecule has 3 aliphatic heterocycles. The third kappa shape index (κ3) is 6.19. The van der Waals surface area contributed by atoms with Crippen LogP contribution in [0.4, 0.5) is 0 Å². The smallest absolute Gasteiger partial charge is 0.241 e. The summed E-state index contributed by atoms with van der Waals surface area (Å²) in [5.41, 5.74) is 1.38. The maximum Gasteiger partial charge on any atom is 0.241 e. The van der Waals surface area contributed by atoms with Crippen LogP contribution in [0.2, 0.25) is 0 Å². The van der Waals surface area contributed by atoms with Gasteiger partial charge in [0.15, 0.2) is 0 Å². The number of piperidine rings is 2. The zero-order valence-electron chi connectivity index (χ0n) is 17.1. The molecule has 3 aliphatic rings. The molecule has 2 unspecified atom stereocenters. The fraction of sp³-hybridized carbons (Fsp3) is 0.652. The number of nitrogens with one attached hydrogen (secondary N) is 2. The summed E-state index contributed by atoms with van der Waals surface area (Å²) in [6.07, 6.45) is 8.47. The molecule has 4 rings (SSSR count). The Morgan fingerprint density at radius 1 is 0.966 bits per heavy atom. The number of rotatable bonds is 6. The van der Waals surface area contributed by atoms with Crippen LogP contribution in [0.15, 0.2) is 30.3 Å². The summed E-state index contributed by atoms with van der Waals surface area (Å²) in [6.45, 7) is 1.77. The summed E-state index contributed by atoms with van der Waals surface area (Å²) in [4.78, 5) is 26.7. The Labute approximate surface area is 180 Å². The van der Waals surface area contributed by atoms with Gasteiger partial charge in [-0.1, -0.05) is 30.3 Å². The number of carbonyl (C=O) groups excluding carboxylic acids is 2. The van der Waals surface area contributed by atoms with Crippen molar-refractivity contribution in [3.63, 3.8) is 0 Å². The predicted octanol–water partition coefficient (Wildman–Crippen LogP) is 2.93. The van der Waals surface area contributed by atoms with Gasteiger partial charge in [0.2, 0.25) is 11.8 Å². The minimum Gasteiger partial charge on any atom is -0.347 e. The Morgan fingerprint density at radius 3 is 2.28 bits per heavy atom. The van der Waals surface area contributed by atoms with Crippen LogP contribution in [0.1, 0.15) is 50.5 Å². The van der Waals surface area contributed by atoms with Gasteiger partial charge in [0.1, 0.15) is 0 Å². The van der Waals surface area contributed by atoms with Crippen LogP contribution in [-0.2, 0) is 16.0 Å².